The van der Waals surface area contributed by atoms with Crippen LogP contribution in [-0.2, 0) is 0 Å². The summed E-state index contributed by atoms with van der Waals surface area (Å²) in [6.07, 6.45) is 6.87. The van der Waals surface area contributed by atoms with Crippen molar-refractivity contribution in [2.45, 2.75) is 92.7 Å². The van der Waals surface area contributed by atoms with Gasteiger partial charge in [0.05, 0.1) is 47.3 Å². The van der Waals surface area contributed by atoms with Crippen molar-refractivity contribution < 1.29 is 9.47 Å². The number of fused-ring (bicyclic) bond motifs is 3. The Morgan fingerprint density at radius 2 is 1.74 bits per heavy atom. The van der Waals surface area contributed by atoms with Crippen LogP contribution in [0, 0.1) is 34.5 Å². The van der Waals surface area contributed by atoms with E-state index >= 15 is 0 Å². The van der Waals surface area contributed by atoms with E-state index < -0.39 is 0 Å². The standard InChI is InChI=1S/C29H37N3O2S4/c1-6-9-11-18(4)16-33-22-24-25(36-28(35-24)19(5)13-30)23-27-26(22)37-29(38-27)21(14-31)32(8-3)15-20(17-34-23)12-10-7-2/h18,20H,6-12,15-17H2,1-5H3/b28-19-,29-21-. The van der Waals surface area contributed by atoms with Crippen LogP contribution < -0.4 is 9.47 Å². The predicted molar refractivity (Wildman–Crippen MR) is 161 cm³/mol. The van der Waals surface area contributed by atoms with Crippen LogP contribution in [0.3, 0.4) is 0 Å². The maximum absolute atomic E-state index is 10.3. The third-order valence-corrected chi connectivity index (χ3v) is 12.3. The first kappa shape index (κ1) is 29.5. The number of nitrogens with zero attached hydrogens (tertiary/aromatic N) is 3. The predicted octanol–water partition coefficient (Wildman–Crippen LogP) is 9.26. The second kappa shape index (κ2) is 13.7. The fourth-order valence-electron chi connectivity index (χ4n) is 4.68. The largest absolute Gasteiger partial charge is 0.491 e. The average Bonchev–Trinajstić information content (AvgIpc) is 3.56. The Hall–Kier alpha value is -1.52. The molecule has 38 heavy (non-hydrogen) atoms. The first-order valence-electron chi connectivity index (χ1n) is 13.7. The van der Waals surface area contributed by atoms with Crippen LogP contribution in [0.2, 0.25) is 0 Å². The van der Waals surface area contributed by atoms with Gasteiger partial charge in [-0.2, -0.15) is 10.5 Å². The highest BCUT2D eigenvalue weighted by Gasteiger charge is 2.39. The minimum atomic E-state index is 0.336. The van der Waals surface area contributed by atoms with Gasteiger partial charge in [0.2, 0.25) is 0 Å². The summed E-state index contributed by atoms with van der Waals surface area (Å²) in [5.41, 5.74) is 1.48. The molecule has 4 rings (SSSR count). The van der Waals surface area contributed by atoms with Crippen LogP contribution in [0.25, 0.3) is 0 Å². The highest BCUT2D eigenvalue weighted by atomic mass is 32.2. The number of allylic oxidation sites excluding steroid dienone is 2. The Bertz CT molecular complexity index is 1190. The summed E-state index contributed by atoms with van der Waals surface area (Å²) in [6, 6.07) is 4.87. The van der Waals surface area contributed by atoms with Crippen molar-refractivity contribution in [3.8, 4) is 23.6 Å². The molecule has 1 aromatic carbocycles. The summed E-state index contributed by atoms with van der Waals surface area (Å²) in [7, 11) is 0. The molecule has 0 amide bonds. The van der Waals surface area contributed by atoms with Crippen molar-refractivity contribution in [1.29, 1.82) is 10.5 Å². The molecule has 0 fully saturated rings. The minimum Gasteiger partial charge on any atom is -0.491 e. The van der Waals surface area contributed by atoms with Gasteiger partial charge < -0.3 is 14.4 Å². The van der Waals surface area contributed by atoms with Gasteiger partial charge in [-0.05, 0) is 32.6 Å². The van der Waals surface area contributed by atoms with Gasteiger partial charge in [-0.15, -0.1) is 0 Å². The number of unbranched alkanes of at least 4 members (excludes halogenated alkanes) is 2. The van der Waals surface area contributed by atoms with Crippen molar-refractivity contribution in [2.24, 2.45) is 11.8 Å². The molecule has 0 saturated heterocycles. The lowest BCUT2D eigenvalue weighted by Gasteiger charge is -2.29. The molecule has 3 aliphatic rings. The highest BCUT2D eigenvalue weighted by Crippen LogP contribution is 2.68. The smallest absolute Gasteiger partial charge is 0.149 e. The Morgan fingerprint density at radius 1 is 1.05 bits per heavy atom. The molecule has 0 saturated carbocycles. The first-order chi connectivity index (χ1) is 18.4. The Morgan fingerprint density at radius 3 is 2.42 bits per heavy atom. The molecule has 204 valence electrons. The molecule has 0 N–H and O–H groups in total. The van der Waals surface area contributed by atoms with Crippen molar-refractivity contribution >= 4 is 47.0 Å². The summed E-state index contributed by atoms with van der Waals surface area (Å²) < 4.78 is 15.4. The van der Waals surface area contributed by atoms with Crippen molar-refractivity contribution in [2.75, 3.05) is 26.3 Å². The SMILES string of the molecule is CCCCC(C)COc1c2c(c3c4c1S/C(=C(\C#N)N(CC)CC(CCCC)CO3)S4)S/C(=C(/C)C#N)S2. The molecule has 2 bridgehead atoms. The van der Waals surface area contributed by atoms with Gasteiger partial charge in [-0.3, -0.25) is 0 Å². The third kappa shape index (κ3) is 6.28. The van der Waals surface area contributed by atoms with Gasteiger partial charge in [0, 0.05) is 24.6 Å². The van der Waals surface area contributed by atoms with Crippen LogP contribution in [0.4, 0.5) is 0 Å². The Kier molecular flexibility index (Phi) is 10.6. The van der Waals surface area contributed by atoms with Crippen LogP contribution in [0.1, 0.15) is 73.1 Å². The monoisotopic (exact) mass is 587 g/mol. The fraction of sp³-hybridized carbons (Fsp3) is 0.586. The number of hydrogen-bond acceptors (Lipinski definition) is 9. The third-order valence-electron chi connectivity index (χ3n) is 6.96. The highest BCUT2D eigenvalue weighted by molar-refractivity contribution is 8.25. The van der Waals surface area contributed by atoms with E-state index in [1.807, 2.05) is 6.92 Å². The Labute approximate surface area is 245 Å². The molecule has 1 aromatic rings. The molecule has 2 atom stereocenters. The van der Waals surface area contributed by atoms with E-state index in [0.29, 0.717) is 25.0 Å². The zero-order valence-electron chi connectivity index (χ0n) is 23.0. The van der Waals surface area contributed by atoms with E-state index in [2.05, 4.69) is 44.7 Å². The number of hydrogen-bond donors (Lipinski definition) is 0. The topological polar surface area (TPSA) is 69.3 Å². The summed E-state index contributed by atoms with van der Waals surface area (Å²) >= 11 is 6.56. The van der Waals surface area contributed by atoms with E-state index in [0.717, 1.165) is 89.6 Å². The molecule has 0 spiro atoms. The van der Waals surface area contributed by atoms with Gasteiger partial charge >= 0.3 is 0 Å². The normalized spacial score (nSPS) is 22.3. The lowest BCUT2D eigenvalue weighted by atomic mass is 10.0. The number of rotatable bonds is 10. The van der Waals surface area contributed by atoms with E-state index in [1.165, 1.54) is 12.8 Å². The number of nitriles is 2. The van der Waals surface area contributed by atoms with Crippen LogP contribution in [0.5, 0.6) is 11.5 Å². The molecule has 0 aliphatic carbocycles. The van der Waals surface area contributed by atoms with Crippen LogP contribution in [-0.4, -0.2) is 31.2 Å². The van der Waals surface area contributed by atoms with E-state index in [9.17, 15) is 10.5 Å². The maximum Gasteiger partial charge on any atom is 0.149 e. The van der Waals surface area contributed by atoms with Gasteiger partial charge in [-0.1, -0.05) is 93.5 Å². The van der Waals surface area contributed by atoms with Crippen molar-refractivity contribution in [1.82, 2.24) is 4.90 Å². The molecule has 0 radical (unpaired) electrons. The zero-order chi connectivity index (χ0) is 27.2. The van der Waals surface area contributed by atoms with E-state index in [-0.39, 0.29) is 0 Å². The molecular formula is C29H37N3O2S4. The van der Waals surface area contributed by atoms with Gasteiger partial charge in [-0.25, -0.2) is 0 Å². The number of ether oxygens (including phenoxy) is 2. The number of thioether (sulfide) groups is 4. The molecule has 0 aromatic heterocycles. The molecule has 9 heteroatoms. The lowest BCUT2D eigenvalue weighted by Crippen LogP contribution is -2.32. The van der Waals surface area contributed by atoms with Crippen LogP contribution in [0.15, 0.2) is 39.3 Å². The van der Waals surface area contributed by atoms with Crippen LogP contribution >= 0.6 is 47.0 Å². The second-order valence-electron chi connectivity index (χ2n) is 10.1. The number of benzene rings is 1. The summed E-state index contributed by atoms with van der Waals surface area (Å²) in [5.74, 6) is 2.57. The Balaban J connectivity index is 1.83. The summed E-state index contributed by atoms with van der Waals surface area (Å²) in [4.78, 5) is 6.47. The molecule has 3 heterocycles. The zero-order valence-corrected chi connectivity index (χ0v) is 26.3. The molecule has 5 nitrogen and oxygen atoms in total. The average molecular weight is 588 g/mol. The maximum atomic E-state index is 10.3. The molecule has 2 unspecified atom stereocenters. The first-order valence-corrected chi connectivity index (χ1v) is 16.9. The summed E-state index contributed by atoms with van der Waals surface area (Å²) in [5, 5.41) is 19.9. The van der Waals surface area contributed by atoms with Crippen molar-refractivity contribution in [3.63, 3.8) is 0 Å². The summed E-state index contributed by atoms with van der Waals surface area (Å²) in [6.45, 7) is 13.6. The fourth-order valence-corrected chi connectivity index (χ4v) is 10.1. The molecular weight excluding hydrogens is 551 g/mol. The molecule has 3 aliphatic heterocycles. The van der Waals surface area contributed by atoms with E-state index in [1.54, 1.807) is 47.0 Å². The van der Waals surface area contributed by atoms with Gasteiger partial charge in [0.1, 0.15) is 23.3 Å². The minimum absolute atomic E-state index is 0.336. The van der Waals surface area contributed by atoms with Crippen molar-refractivity contribution in [3.05, 3.63) is 19.7 Å². The second-order valence-corrected chi connectivity index (χ2v) is 14.7. The van der Waals surface area contributed by atoms with E-state index in [4.69, 9.17) is 9.47 Å². The van der Waals surface area contributed by atoms with Gasteiger partial charge in [0.15, 0.2) is 0 Å². The van der Waals surface area contributed by atoms with Gasteiger partial charge in [0.25, 0.3) is 0 Å². The quantitative estimate of drug-likeness (QED) is 0.249. The lowest BCUT2D eigenvalue weighted by molar-refractivity contribution is 0.186.